The van der Waals surface area contributed by atoms with Crippen molar-refractivity contribution >= 4 is 31.9 Å². The lowest BCUT2D eigenvalue weighted by Gasteiger charge is -2.06. The van der Waals surface area contributed by atoms with Gasteiger partial charge in [0.15, 0.2) is 0 Å². The zero-order valence-electron chi connectivity index (χ0n) is 9.23. The molecule has 1 rings (SSSR count). The van der Waals surface area contributed by atoms with Gasteiger partial charge < -0.3 is 5.32 Å². The van der Waals surface area contributed by atoms with Crippen LogP contribution in [0, 0.1) is 0 Å². The predicted octanol–water partition coefficient (Wildman–Crippen LogP) is 0.864. The number of likely N-dealkylation sites (N-methyl/N-ethyl adjacent to an activating group) is 1. The van der Waals surface area contributed by atoms with Gasteiger partial charge in [0.05, 0.1) is 11.4 Å². The summed E-state index contributed by atoms with van der Waals surface area (Å²) in [5, 5.41) is 2.51. The smallest absolute Gasteiger partial charge is 0.241 e. The zero-order valence-corrected chi connectivity index (χ0v) is 11.6. The highest BCUT2D eigenvalue weighted by Crippen LogP contribution is 2.14. The van der Waals surface area contributed by atoms with E-state index in [1.165, 1.54) is 12.1 Å². The molecule has 0 radical (unpaired) electrons. The molecular formula is C10H13BrN2O3S. The highest BCUT2D eigenvalue weighted by Gasteiger charge is 2.14. The fourth-order valence-electron chi connectivity index (χ4n) is 1.12. The fraction of sp³-hybridized carbons (Fsp3) is 0.300. The average Bonchev–Trinajstić information content (AvgIpc) is 2.28. The third kappa shape index (κ3) is 4.45. The minimum atomic E-state index is -3.62. The normalized spacial score (nSPS) is 11.2. The van der Waals surface area contributed by atoms with E-state index in [4.69, 9.17) is 0 Å². The Morgan fingerprint density at radius 1 is 1.29 bits per heavy atom. The number of hydrogen-bond donors (Lipinski definition) is 2. The summed E-state index contributed by atoms with van der Waals surface area (Å²) in [6.07, 6.45) is 0. The Balaban J connectivity index is 2.69. The van der Waals surface area contributed by atoms with Crippen molar-refractivity contribution in [2.75, 3.05) is 13.1 Å². The third-order valence-corrected chi connectivity index (χ3v) is 3.87. The van der Waals surface area contributed by atoms with Gasteiger partial charge in [0, 0.05) is 11.0 Å². The standard InChI is InChI=1S/C10H13BrN2O3S/c1-2-12-10(14)7-13-17(15,16)9-5-3-8(11)4-6-9/h3-6,13H,2,7H2,1H3,(H,12,14). The second-order valence-corrected chi connectivity index (χ2v) is 5.91. The molecule has 94 valence electrons. The molecular weight excluding hydrogens is 308 g/mol. The maximum absolute atomic E-state index is 11.7. The van der Waals surface area contributed by atoms with Gasteiger partial charge in [0.25, 0.3) is 0 Å². The Morgan fingerprint density at radius 3 is 2.41 bits per heavy atom. The third-order valence-electron chi connectivity index (χ3n) is 1.92. The van der Waals surface area contributed by atoms with Crippen LogP contribution in [0.5, 0.6) is 0 Å². The van der Waals surface area contributed by atoms with E-state index in [2.05, 4.69) is 26.0 Å². The summed E-state index contributed by atoms with van der Waals surface area (Å²) in [6, 6.07) is 6.18. The van der Waals surface area contributed by atoms with Crippen LogP contribution in [0.3, 0.4) is 0 Å². The Labute approximate surface area is 109 Å². The largest absolute Gasteiger partial charge is 0.355 e. The molecule has 0 aliphatic rings. The molecule has 1 aromatic carbocycles. The Hall–Kier alpha value is -0.920. The van der Waals surface area contributed by atoms with E-state index >= 15 is 0 Å². The van der Waals surface area contributed by atoms with E-state index in [9.17, 15) is 13.2 Å². The van der Waals surface area contributed by atoms with Gasteiger partial charge >= 0.3 is 0 Å². The fourth-order valence-corrected chi connectivity index (χ4v) is 2.36. The van der Waals surface area contributed by atoms with Gasteiger partial charge in [0.1, 0.15) is 0 Å². The zero-order chi connectivity index (χ0) is 12.9. The number of hydrogen-bond acceptors (Lipinski definition) is 3. The molecule has 2 N–H and O–H groups in total. The first kappa shape index (κ1) is 14.1. The molecule has 1 aromatic rings. The molecule has 1 amide bonds. The SMILES string of the molecule is CCNC(=O)CNS(=O)(=O)c1ccc(Br)cc1. The van der Waals surface area contributed by atoms with Gasteiger partial charge in [-0.1, -0.05) is 15.9 Å². The molecule has 0 atom stereocenters. The molecule has 0 unspecified atom stereocenters. The molecule has 0 aromatic heterocycles. The number of sulfonamides is 1. The number of nitrogens with one attached hydrogen (secondary N) is 2. The molecule has 7 heteroatoms. The van der Waals surface area contributed by atoms with Gasteiger partial charge in [-0.25, -0.2) is 13.1 Å². The van der Waals surface area contributed by atoms with Crippen molar-refractivity contribution in [2.24, 2.45) is 0 Å². The van der Waals surface area contributed by atoms with Crippen molar-refractivity contribution in [3.05, 3.63) is 28.7 Å². The van der Waals surface area contributed by atoms with Crippen LogP contribution in [-0.2, 0) is 14.8 Å². The Kier molecular flexibility index (Phi) is 5.10. The van der Waals surface area contributed by atoms with Crippen molar-refractivity contribution in [1.29, 1.82) is 0 Å². The van der Waals surface area contributed by atoms with Crippen molar-refractivity contribution < 1.29 is 13.2 Å². The van der Waals surface area contributed by atoms with E-state index in [-0.39, 0.29) is 17.3 Å². The van der Waals surface area contributed by atoms with Gasteiger partial charge in [-0.05, 0) is 31.2 Å². The van der Waals surface area contributed by atoms with Gasteiger partial charge in [-0.2, -0.15) is 0 Å². The van der Waals surface area contributed by atoms with E-state index in [1.807, 2.05) is 0 Å². The summed E-state index contributed by atoms with van der Waals surface area (Å²) >= 11 is 3.22. The predicted molar refractivity (Wildman–Crippen MR) is 68.0 cm³/mol. The second kappa shape index (κ2) is 6.13. The maximum atomic E-state index is 11.7. The van der Waals surface area contributed by atoms with E-state index in [0.717, 1.165) is 4.47 Å². The molecule has 0 heterocycles. The molecule has 0 aliphatic heterocycles. The van der Waals surface area contributed by atoms with Crippen LogP contribution in [0.1, 0.15) is 6.92 Å². The first-order valence-corrected chi connectivity index (χ1v) is 7.25. The summed E-state index contributed by atoms with van der Waals surface area (Å²) in [5.41, 5.74) is 0. The number of amides is 1. The summed E-state index contributed by atoms with van der Waals surface area (Å²) < 4.78 is 26.5. The molecule has 5 nitrogen and oxygen atoms in total. The van der Waals surface area contributed by atoms with Crippen molar-refractivity contribution in [1.82, 2.24) is 10.0 Å². The van der Waals surface area contributed by atoms with Crippen LogP contribution in [0.4, 0.5) is 0 Å². The molecule has 0 bridgehead atoms. The number of carbonyl (C=O) groups excluding carboxylic acids is 1. The topological polar surface area (TPSA) is 75.3 Å². The highest BCUT2D eigenvalue weighted by atomic mass is 79.9. The lowest BCUT2D eigenvalue weighted by Crippen LogP contribution is -2.36. The quantitative estimate of drug-likeness (QED) is 0.845. The molecule has 17 heavy (non-hydrogen) atoms. The highest BCUT2D eigenvalue weighted by molar-refractivity contribution is 9.10. The lowest BCUT2D eigenvalue weighted by molar-refractivity contribution is -0.119. The van der Waals surface area contributed by atoms with E-state index < -0.39 is 10.0 Å². The van der Waals surface area contributed by atoms with E-state index in [1.54, 1.807) is 19.1 Å². The van der Waals surface area contributed by atoms with Gasteiger partial charge in [-0.15, -0.1) is 0 Å². The van der Waals surface area contributed by atoms with Crippen LogP contribution >= 0.6 is 15.9 Å². The lowest BCUT2D eigenvalue weighted by atomic mass is 10.4. The summed E-state index contributed by atoms with van der Waals surface area (Å²) in [7, 11) is -3.62. The van der Waals surface area contributed by atoms with Crippen molar-refractivity contribution in [3.8, 4) is 0 Å². The Bertz CT molecular complexity index is 485. The average molecular weight is 321 g/mol. The molecule has 0 spiro atoms. The van der Waals surface area contributed by atoms with Crippen LogP contribution in [0.2, 0.25) is 0 Å². The maximum Gasteiger partial charge on any atom is 0.241 e. The van der Waals surface area contributed by atoms with Crippen LogP contribution < -0.4 is 10.0 Å². The molecule has 0 saturated carbocycles. The first-order chi connectivity index (χ1) is 7.95. The number of benzene rings is 1. The number of carbonyl (C=O) groups is 1. The molecule has 0 fully saturated rings. The summed E-state index contributed by atoms with van der Waals surface area (Å²) in [6.45, 7) is 1.98. The molecule has 0 saturated heterocycles. The summed E-state index contributed by atoms with van der Waals surface area (Å²) in [4.78, 5) is 11.3. The number of rotatable bonds is 5. The second-order valence-electron chi connectivity index (χ2n) is 3.23. The van der Waals surface area contributed by atoms with Crippen LogP contribution in [0.25, 0.3) is 0 Å². The monoisotopic (exact) mass is 320 g/mol. The van der Waals surface area contributed by atoms with Gasteiger partial charge in [-0.3, -0.25) is 4.79 Å². The minimum absolute atomic E-state index is 0.130. The van der Waals surface area contributed by atoms with Crippen molar-refractivity contribution in [3.63, 3.8) is 0 Å². The van der Waals surface area contributed by atoms with Crippen LogP contribution in [0.15, 0.2) is 33.6 Å². The van der Waals surface area contributed by atoms with Crippen LogP contribution in [-0.4, -0.2) is 27.4 Å². The van der Waals surface area contributed by atoms with Gasteiger partial charge in [0.2, 0.25) is 15.9 Å². The molecule has 0 aliphatic carbocycles. The van der Waals surface area contributed by atoms with E-state index in [0.29, 0.717) is 6.54 Å². The Morgan fingerprint density at radius 2 is 1.88 bits per heavy atom. The van der Waals surface area contributed by atoms with Crippen molar-refractivity contribution in [2.45, 2.75) is 11.8 Å². The summed E-state index contributed by atoms with van der Waals surface area (Å²) in [5.74, 6) is -0.354. The minimum Gasteiger partial charge on any atom is -0.355 e. The first-order valence-electron chi connectivity index (χ1n) is 4.97. The number of halogens is 1.